The maximum absolute atomic E-state index is 5.97. The first-order valence-corrected chi connectivity index (χ1v) is 5.92. The van der Waals surface area contributed by atoms with Gasteiger partial charge in [-0.15, -0.1) is 0 Å². The molecule has 0 radical (unpaired) electrons. The van der Waals surface area contributed by atoms with Crippen molar-refractivity contribution >= 4 is 11.6 Å². The third-order valence-electron chi connectivity index (χ3n) is 2.82. The maximum Gasteiger partial charge on any atom is 0.198 e. The fourth-order valence-electron chi connectivity index (χ4n) is 1.87. The summed E-state index contributed by atoms with van der Waals surface area (Å²) < 4.78 is 5.10. The second kappa shape index (κ2) is 5.36. The molecule has 0 spiro atoms. The quantitative estimate of drug-likeness (QED) is 0.648. The Morgan fingerprint density at radius 2 is 2.24 bits per heavy atom. The molecular formula is C13H15ClN2O. The largest absolute Gasteiger partial charge is 0.453 e. The first kappa shape index (κ1) is 12.2. The number of furan rings is 1. The fourth-order valence-corrected chi connectivity index (χ4v) is 2.09. The highest BCUT2D eigenvalue weighted by Crippen LogP contribution is 2.29. The van der Waals surface area contributed by atoms with E-state index < -0.39 is 0 Å². The number of nitrogens with two attached hydrogens (primary N) is 1. The number of hydrogen-bond donors (Lipinski definition) is 2. The van der Waals surface area contributed by atoms with Gasteiger partial charge in [0.05, 0.1) is 12.3 Å². The van der Waals surface area contributed by atoms with Gasteiger partial charge in [-0.2, -0.15) is 0 Å². The van der Waals surface area contributed by atoms with Gasteiger partial charge >= 0.3 is 0 Å². The van der Waals surface area contributed by atoms with Crippen molar-refractivity contribution in [1.82, 2.24) is 5.43 Å². The summed E-state index contributed by atoms with van der Waals surface area (Å²) in [5.41, 5.74) is 5.96. The SMILES string of the molecule is CCc1cccc(C(NN)c2ccoc2Cl)c1. The zero-order valence-electron chi connectivity index (χ0n) is 9.61. The molecule has 3 N–H and O–H groups in total. The smallest absolute Gasteiger partial charge is 0.198 e. The Bertz CT molecular complexity index is 496. The molecule has 1 aromatic heterocycles. The molecule has 90 valence electrons. The molecule has 1 heterocycles. The average molecular weight is 251 g/mol. The monoisotopic (exact) mass is 250 g/mol. The van der Waals surface area contributed by atoms with Crippen LogP contribution in [0.2, 0.25) is 5.22 Å². The van der Waals surface area contributed by atoms with Crippen LogP contribution in [0.25, 0.3) is 0 Å². The predicted octanol–water partition coefficient (Wildman–Crippen LogP) is 3.05. The van der Waals surface area contributed by atoms with Gasteiger partial charge in [-0.1, -0.05) is 31.2 Å². The van der Waals surface area contributed by atoms with Gasteiger partial charge in [0.15, 0.2) is 5.22 Å². The lowest BCUT2D eigenvalue weighted by Gasteiger charge is -2.16. The highest BCUT2D eigenvalue weighted by atomic mass is 35.5. The van der Waals surface area contributed by atoms with Crippen molar-refractivity contribution in [2.45, 2.75) is 19.4 Å². The predicted molar refractivity (Wildman–Crippen MR) is 68.7 cm³/mol. The molecule has 2 aromatic rings. The lowest BCUT2D eigenvalue weighted by molar-refractivity contribution is 0.555. The Morgan fingerprint density at radius 1 is 1.41 bits per heavy atom. The van der Waals surface area contributed by atoms with Gasteiger partial charge in [-0.3, -0.25) is 5.84 Å². The van der Waals surface area contributed by atoms with Gasteiger partial charge in [0.1, 0.15) is 0 Å². The molecule has 2 rings (SSSR count). The summed E-state index contributed by atoms with van der Waals surface area (Å²) in [6.45, 7) is 2.12. The molecule has 1 unspecified atom stereocenters. The van der Waals surface area contributed by atoms with Crippen molar-refractivity contribution in [3.8, 4) is 0 Å². The molecule has 3 nitrogen and oxygen atoms in total. The topological polar surface area (TPSA) is 51.2 Å². The summed E-state index contributed by atoms with van der Waals surface area (Å²) in [4.78, 5) is 0. The molecule has 17 heavy (non-hydrogen) atoms. The van der Waals surface area contributed by atoms with Gasteiger partial charge in [0.2, 0.25) is 0 Å². The van der Waals surface area contributed by atoms with Crippen molar-refractivity contribution < 1.29 is 4.42 Å². The van der Waals surface area contributed by atoms with E-state index in [-0.39, 0.29) is 6.04 Å². The van der Waals surface area contributed by atoms with E-state index in [0.717, 1.165) is 17.5 Å². The van der Waals surface area contributed by atoms with E-state index in [1.54, 1.807) is 6.26 Å². The molecular weight excluding hydrogens is 236 g/mol. The molecule has 0 aliphatic carbocycles. The summed E-state index contributed by atoms with van der Waals surface area (Å²) in [6, 6.07) is 9.93. The van der Waals surface area contributed by atoms with Gasteiger partial charge in [-0.25, -0.2) is 5.43 Å². The lowest BCUT2D eigenvalue weighted by Crippen LogP contribution is -2.28. The van der Waals surface area contributed by atoms with Crippen LogP contribution >= 0.6 is 11.6 Å². The second-order valence-electron chi connectivity index (χ2n) is 3.85. The number of rotatable bonds is 4. The minimum atomic E-state index is -0.146. The number of benzene rings is 1. The first-order chi connectivity index (χ1) is 8.26. The van der Waals surface area contributed by atoms with Crippen LogP contribution < -0.4 is 11.3 Å². The van der Waals surface area contributed by atoms with Gasteiger partial charge in [0.25, 0.3) is 0 Å². The van der Waals surface area contributed by atoms with Crippen molar-refractivity contribution in [1.29, 1.82) is 0 Å². The average Bonchev–Trinajstić information content (AvgIpc) is 2.77. The molecule has 0 bridgehead atoms. The van der Waals surface area contributed by atoms with Gasteiger partial charge in [-0.05, 0) is 35.2 Å². The second-order valence-corrected chi connectivity index (χ2v) is 4.19. The van der Waals surface area contributed by atoms with E-state index in [1.165, 1.54) is 5.56 Å². The van der Waals surface area contributed by atoms with Crippen molar-refractivity contribution in [3.63, 3.8) is 0 Å². The molecule has 0 amide bonds. The zero-order valence-corrected chi connectivity index (χ0v) is 10.4. The highest BCUT2D eigenvalue weighted by molar-refractivity contribution is 6.29. The Hall–Kier alpha value is -1.29. The number of halogens is 1. The van der Waals surface area contributed by atoms with Crippen molar-refractivity contribution in [2.24, 2.45) is 5.84 Å². The lowest BCUT2D eigenvalue weighted by atomic mass is 9.99. The van der Waals surface area contributed by atoms with Crippen LogP contribution in [0.15, 0.2) is 41.0 Å². The van der Waals surface area contributed by atoms with Crippen molar-refractivity contribution in [2.75, 3.05) is 0 Å². The fraction of sp³-hybridized carbons (Fsp3) is 0.231. The van der Waals surface area contributed by atoms with Crippen molar-refractivity contribution in [3.05, 3.63) is 58.5 Å². The number of aryl methyl sites for hydroxylation is 1. The maximum atomic E-state index is 5.97. The summed E-state index contributed by atoms with van der Waals surface area (Å²) in [6.07, 6.45) is 2.55. The summed E-state index contributed by atoms with van der Waals surface area (Å²) in [5.74, 6) is 5.61. The summed E-state index contributed by atoms with van der Waals surface area (Å²) in [7, 11) is 0. The standard InChI is InChI=1S/C13H15ClN2O/c1-2-9-4-3-5-10(8-9)12(16-15)11-6-7-17-13(11)14/h3-8,12,16H,2,15H2,1H3. The van der Waals surface area contributed by atoms with E-state index in [9.17, 15) is 0 Å². The van der Waals surface area contributed by atoms with Crippen LogP contribution in [0, 0.1) is 0 Å². The van der Waals surface area contributed by atoms with Crippen LogP contribution in [0.1, 0.15) is 29.7 Å². The Kier molecular flexibility index (Phi) is 3.84. The zero-order chi connectivity index (χ0) is 12.3. The normalized spacial score (nSPS) is 12.6. The van der Waals surface area contributed by atoms with Crippen LogP contribution in [-0.4, -0.2) is 0 Å². The molecule has 0 aliphatic rings. The highest BCUT2D eigenvalue weighted by Gasteiger charge is 2.17. The third kappa shape index (κ3) is 2.52. The van der Waals surface area contributed by atoms with Crippen LogP contribution in [0.3, 0.4) is 0 Å². The number of nitrogens with one attached hydrogen (secondary N) is 1. The summed E-state index contributed by atoms with van der Waals surface area (Å²) in [5, 5.41) is 0.370. The number of hydrogen-bond acceptors (Lipinski definition) is 3. The molecule has 0 aliphatic heterocycles. The summed E-state index contributed by atoms with van der Waals surface area (Å²) >= 11 is 5.97. The van der Waals surface area contributed by atoms with E-state index in [4.69, 9.17) is 21.9 Å². The Morgan fingerprint density at radius 3 is 2.82 bits per heavy atom. The molecule has 4 heteroatoms. The van der Waals surface area contributed by atoms with Gasteiger partial charge < -0.3 is 4.42 Å². The van der Waals surface area contributed by atoms with E-state index in [1.807, 2.05) is 18.2 Å². The molecule has 0 saturated carbocycles. The van der Waals surface area contributed by atoms with Crippen LogP contribution in [0.5, 0.6) is 0 Å². The Balaban J connectivity index is 2.38. The molecule has 0 fully saturated rings. The van der Waals surface area contributed by atoms with E-state index >= 15 is 0 Å². The Labute approximate surface area is 106 Å². The minimum absolute atomic E-state index is 0.146. The minimum Gasteiger partial charge on any atom is -0.453 e. The van der Waals surface area contributed by atoms with Gasteiger partial charge in [0, 0.05) is 5.56 Å². The molecule has 1 atom stereocenters. The third-order valence-corrected chi connectivity index (χ3v) is 3.12. The van der Waals surface area contributed by atoms with E-state index in [0.29, 0.717) is 5.22 Å². The van der Waals surface area contributed by atoms with Crippen LogP contribution in [0.4, 0.5) is 0 Å². The van der Waals surface area contributed by atoms with E-state index in [2.05, 4.69) is 24.5 Å². The molecule has 0 saturated heterocycles. The van der Waals surface area contributed by atoms with Crippen LogP contribution in [-0.2, 0) is 6.42 Å². The first-order valence-electron chi connectivity index (χ1n) is 5.54. The number of hydrazine groups is 1. The molecule has 1 aromatic carbocycles.